The van der Waals surface area contributed by atoms with E-state index >= 15 is 0 Å². The summed E-state index contributed by atoms with van der Waals surface area (Å²) in [7, 11) is 0. The summed E-state index contributed by atoms with van der Waals surface area (Å²) < 4.78 is 0. The second-order valence-electron chi connectivity index (χ2n) is 9.17. The normalized spacial score (nSPS) is 10.7. The average molecular weight is 521 g/mol. The molecule has 0 aliphatic rings. The number of nitrogens with zero attached hydrogens (tertiary/aromatic N) is 1. The molecule has 0 atom stereocenters. The SMILES string of the molecule is Cc1ccc(N(c2ccc(C)cc2)c2ccc(C=C(c3ccc(Cl)cc3)c3ccc(Cl)cc3)cc2)cc1. The number of hydrogen-bond donors (Lipinski definition) is 0. The number of rotatable bonds is 6. The number of halogens is 2. The molecule has 5 aromatic rings. The minimum Gasteiger partial charge on any atom is -0.311 e. The van der Waals surface area contributed by atoms with Crippen LogP contribution in [0.15, 0.2) is 121 Å². The first-order chi connectivity index (χ1) is 18.0. The van der Waals surface area contributed by atoms with Crippen molar-refractivity contribution in [3.05, 3.63) is 159 Å². The van der Waals surface area contributed by atoms with Crippen molar-refractivity contribution in [1.29, 1.82) is 0 Å². The molecule has 182 valence electrons. The molecule has 1 nitrogen and oxygen atoms in total. The van der Waals surface area contributed by atoms with Gasteiger partial charge in [-0.2, -0.15) is 0 Å². The van der Waals surface area contributed by atoms with Gasteiger partial charge in [0, 0.05) is 27.1 Å². The van der Waals surface area contributed by atoms with Crippen molar-refractivity contribution < 1.29 is 0 Å². The molecule has 5 rings (SSSR count). The van der Waals surface area contributed by atoms with E-state index in [2.05, 4.69) is 97.6 Å². The lowest BCUT2D eigenvalue weighted by molar-refractivity contribution is 1.27. The Balaban J connectivity index is 1.55. The van der Waals surface area contributed by atoms with Gasteiger partial charge in [-0.1, -0.05) is 95.0 Å². The number of benzene rings is 5. The summed E-state index contributed by atoms with van der Waals surface area (Å²) >= 11 is 12.3. The fraction of sp³-hybridized carbons (Fsp3) is 0.0588. The highest BCUT2D eigenvalue weighted by Gasteiger charge is 2.13. The average Bonchev–Trinajstić information content (AvgIpc) is 2.92. The lowest BCUT2D eigenvalue weighted by atomic mass is 9.95. The van der Waals surface area contributed by atoms with E-state index in [0.717, 1.165) is 49.4 Å². The Morgan fingerprint density at radius 3 is 1.22 bits per heavy atom. The van der Waals surface area contributed by atoms with Crippen LogP contribution in [0, 0.1) is 13.8 Å². The van der Waals surface area contributed by atoms with Crippen LogP contribution in [0.25, 0.3) is 11.6 Å². The fourth-order valence-corrected chi connectivity index (χ4v) is 4.57. The van der Waals surface area contributed by atoms with Gasteiger partial charge >= 0.3 is 0 Å². The van der Waals surface area contributed by atoms with E-state index in [1.165, 1.54) is 11.1 Å². The molecule has 0 fully saturated rings. The van der Waals surface area contributed by atoms with Gasteiger partial charge in [0.2, 0.25) is 0 Å². The number of anilines is 3. The molecule has 0 bridgehead atoms. The molecule has 0 aliphatic carbocycles. The molecule has 0 saturated carbocycles. The summed E-state index contributed by atoms with van der Waals surface area (Å²) in [5.41, 5.74) is 10.2. The van der Waals surface area contributed by atoms with E-state index in [1.54, 1.807) is 0 Å². The van der Waals surface area contributed by atoms with Gasteiger partial charge in [-0.05, 0) is 103 Å². The molecule has 5 aromatic carbocycles. The molecule has 0 saturated heterocycles. The minimum absolute atomic E-state index is 0.718. The molecule has 0 amide bonds. The summed E-state index contributed by atoms with van der Waals surface area (Å²) in [6.07, 6.45) is 2.21. The zero-order chi connectivity index (χ0) is 25.8. The van der Waals surface area contributed by atoms with Gasteiger partial charge in [0.05, 0.1) is 0 Å². The van der Waals surface area contributed by atoms with Crippen molar-refractivity contribution in [2.24, 2.45) is 0 Å². The summed E-state index contributed by atoms with van der Waals surface area (Å²) in [6, 6.07) is 41.8. The van der Waals surface area contributed by atoms with E-state index in [9.17, 15) is 0 Å². The van der Waals surface area contributed by atoms with Gasteiger partial charge in [0.25, 0.3) is 0 Å². The molecule has 0 heterocycles. The van der Waals surface area contributed by atoms with Crippen LogP contribution in [-0.2, 0) is 0 Å². The predicted molar refractivity (Wildman–Crippen MR) is 160 cm³/mol. The third-order valence-corrected chi connectivity index (χ3v) is 6.86. The standard InChI is InChI=1S/C34H27Cl2N/c1-24-3-17-31(18-4-24)37(32-19-5-25(2)6-20-32)33-21-7-26(8-22-33)23-34(27-9-13-29(35)14-10-27)28-11-15-30(36)16-12-28/h3-23H,1-2H3. The molecule has 0 spiro atoms. The first-order valence-electron chi connectivity index (χ1n) is 12.2. The van der Waals surface area contributed by atoms with Gasteiger partial charge < -0.3 is 4.90 Å². The first-order valence-corrected chi connectivity index (χ1v) is 13.0. The van der Waals surface area contributed by atoms with Crippen LogP contribution in [0.4, 0.5) is 17.1 Å². The topological polar surface area (TPSA) is 3.24 Å². The Morgan fingerprint density at radius 1 is 0.486 bits per heavy atom. The third-order valence-electron chi connectivity index (χ3n) is 6.36. The van der Waals surface area contributed by atoms with Crippen molar-refractivity contribution >= 4 is 51.9 Å². The van der Waals surface area contributed by atoms with Crippen LogP contribution >= 0.6 is 23.2 Å². The summed E-state index contributed by atoms with van der Waals surface area (Å²) in [6.45, 7) is 4.22. The van der Waals surface area contributed by atoms with E-state index in [-0.39, 0.29) is 0 Å². The van der Waals surface area contributed by atoms with Crippen LogP contribution < -0.4 is 4.90 Å². The summed E-state index contributed by atoms with van der Waals surface area (Å²) in [5, 5.41) is 1.44. The van der Waals surface area contributed by atoms with E-state index in [1.807, 2.05) is 48.5 Å². The van der Waals surface area contributed by atoms with Crippen LogP contribution in [0.1, 0.15) is 27.8 Å². The summed E-state index contributed by atoms with van der Waals surface area (Å²) in [5.74, 6) is 0. The van der Waals surface area contributed by atoms with Crippen molar-refractivity contribution in [3.63, 3.8) is 0 Å². The zero-order valence-corrected chi connectivity index (χ0v) is 22.3. The lowest BCUT2D eigenvalue weighted by Gasteiger charge is -2.26. The lowest BCUT2D eigenvalue weighted by Crippen LogP contribution is -2.09. The van der Waals surface area contributed by atoms with Crippen LogP contribution in [-0.4, -0.2) is 0 Å². The smallest absolute Gasteiger partial charge is 0.0462 e. The van der Waals surface area contributed by atoms with E-state index in [4.69, 9.17) is 23.2 Å². The van der Waals surface area contributed by atoms with Crippen LogP contribution in [0.5, 0.6) is 0 Å². The van der Waals surface area contributed by atoms with Gasteiger partial charge in [-0.25, -0.2) is 0 Å². The highest BCUT2D eigenvalue weighted by molar-refractivity contribution is 6.31. The Morgan fingerprint density at radius 2 is 0.838 bits per heavy atom. The molecule has 0 N–H and O–H groups in total. The Bertz CT molecular complexity index is 1410. The van der Waals surface area contributed by atoms with Crippen molar-refractivity contribution in [1.82, 2.24) is 0 Å². The van der Waals surface area contributed by atoms with Crippen LogP contribution in [0.3, 0.4) is 0 Å². The summed E-state index contributed by atoms with van der Waals surface area (Å²) in [4.78, 5) is 2.28. The van der Waals surface area contributed by atoms with Crippen LogP contribution in [0.2, 0.25) is 10.0 Å². The quantitative estimate of drug-likeness (QED) is 0.201. The maximum Gasteiger partial charge on any atom is 0.0462 e. The monoisotopic (exact) mass is 519 g/mol. The molecule has 0 radical (unpaired) electrons. The van der Waals surface area contributed by atoms with E-state index in [0.29, 0.717) is 0 Å². The number of aryl methyl sites for hydroxylation is 2. The van der Waals surface area contributed by atoms with Gasteiger partial charge in [-0.3, -0.25) is 0 Å². The molecule has 0 aliphatic heterocycles. The van der Waals surface area contributed by atoms with Crippen molar-refractivity contribution in [3.8, 4) is 0 Å². The third kappa shape index (κ3) is 5.97. The Hall–Kier alpha value is -3.78. The highest BCUT2D eigenvalue weighted by atomic mass is 35.5. The molecule has 0 aromatic heterocycles. The molecular weight excluding hydrogens is 493 g/mol. The Labute approximate surface area is 229 Å². The molecule has 3 heteroatoms. The minimum atomic E-state index is 0.718. The van der Waals surface area contributed by atoms with Gasteiger partial charge in [-0.15, -0.1) is 0 Å². The molecule has 37 heavy (non-hydrogen) atoms. The predicted octanol–water partition coefficient (Wildman–Crippen LogP) is 10.7. The maximum absolute atomic E-state index is 6.17. The second-order valence-corrected chi connectivity index (χ2v) is 10.0. The van der Waals surface area contributed by atoms with Crippen molar-refractivity contribution in [2.75, 3.05) is 4.90 Å². The van der Waals surface area contributed by atoms with Crippen molar-refractivity contribution in [2.45, 2.75) is 13.8 Å². The largest absolute Gasteiger partial charge is 0.311 e. The van der Waals surface area contributed by atoms with Gasteiger partial charge in [0.15, 0.2) is 0 Å². The van der Waals surface area contributed by atoms with E-state index < -0.39 is 0 Å². The van der Waals surface area contributed by atoms with Gasteiger partial charge in [0.1, 0.15) is 0 Å². The molecule has 0 unspecified atom stereocenters. The highest BCUT2D eigenvalue weighted by Crippen LogP contribution is 2.35. The Kier molecular flexibility index (Phi) is 7.46. The fourth-order valence-electron chi connectivity index (χ4n) is 4.31. The first kappa shape index (κ1) is 24.9. The zero-order valence-electron chi connectivity index (χ0n) is 20.8. The molecular formula is C34H27Cl2N. The maximum atomic E-state index is 6.17. The number of hydrogen-bond acceptors (Lipinski definition) is 1. The second kappa shape index (κ2) is 11.1.